The third kappa shape index (κ3) is 5.12. The van der Waals surface area contributed by atoms with Crippen molar-refractivity contribution in [3.05, 3.63) is 53.1 Å². The van der Waals surface area contributed by atoms with Crippen LogP contribution in [0.15, 0.2) is 42.0 Å². The molecule has 19 heavy (non-hydrogen) atoms. The Morgan fingerprint density at radius 1 is 1.11 bits per heavy atom. The highest BCUT2D eigenvalue weighted by atomic mass is 16.1. The van der Waals surface area contributed by atoms with Crippen molar-refractivity contribution in [3.63, 3.8) is 0 Å². The van der Waals surface area contributed by atoms with Crippen LogP contribution in [-0.4, -0.2) is 13.0 Å². The normalized spacial score (nSPS) is 12.8. The van der Waals surface area contributed by atoms with E-state index >= 15 is 0 Å². The van der Waals surface area contributed by atoms with Crippen LogP contribution >= 0.6 is 0 Å². The number of allylic oxidation sites excluding steroid dienone is 2. The van der Waals surface area contributed by atoms with Gasteiger partial charge in [-0.3, -0.25) is 4.79 Å². The largest absolute Gasteiger partial charge is 0.356 e. The Balaban J connectivity index is 2.82. The van der Waals surface area contributed by atoms with E-state index < -0.39 is 0 Å². The molecule has 2 heteroatoms. The lowest BCUT2D eigenvalue weighted by atomic mass is 9.86. The smallest absolute Gasteiger partial charge is 0.243 e. The molecule has 0 saturated heterocycles. The van der Waals surface area contributed by atoms with E-state index in [1.54, 1.807) is 7.05 Å². The van der Waals surface area contributed by atoms with Crippen molar-refractivity contribution in [2.75, 3.05) is 7.05 Å². The standard InChI is InChI=1S/C17H23NO/c1-13(6-11-16(19)18-5)12-14-7-9-15(10-8-14)17(2,3)4/h6-12H,1-5H3,(H,18,19)/b11-6+,13-12+. The summed E-state index contributed by atoms with van der Waals surface area (Å²) < 4.78 is 0. The second kappa shape index (κ2) is 6.37. The monoisotopic (exact) mass is 257 g/mol. The summed E-state index contributed by atoms with van der Waals surface area (Å²) in [5, 5.41) is 2.56. The first-order chi connectivity index (χ1) is 8.82. The van der Waals surface area contributed by atoms with Gasteiger partial charge >= 0.3 is 0 Å². The van der Waals surface area contributed by atoms with Gasteiger partial charge in [-0.05, 0) is 23.5 Å². The topological polar surface area (TPSA) is 29.1 Å². The highest BCUT2D eigenvalue weighted by molar-refractivity contribution is 5.87. The molecule has 0 spiro atoms. The molecule has 2 nitrogen and oxygen atoms in total. The molecule has 0 radical (unpaired) electrons. The van der Waals surface area contributed by atoms with Crippen LogP contribution in [0.25, 0.3) is 6.08 Å². The molecule has 0 heterocycles. The quantitative estimate of drug-likeness (QED) is 0.649. The Hall–Kier alpha value is -1.83. The summed E-state index contributed by atoms with van der Waals surface area (Å²) in [5.41, 5.74) is 3.69. The highest BCUT2D eigenvalue weighted by Crippen LogP contribution is 2.22. The zero-order valence-electron chi connectivity index (χ0n) is 12.4. The van der Waals surface area contributed by atoms with Crippen LogP contribution in [0.3, 0.4) is 0 Å². The molecule has 1 rings (SSSR count). The maximum atomic E-state index is 11.1. The van der Waals surface area contributed by atoms with Crippen molar-refractivity contribution in [1.82, 2.24) is 5.32 Å². The Morgan fingerprint density at radius 3 is 2.16 bits per heavy atom. The second-order valence-electron chi connectivity index (χ2n) is 5.71. The van der Waals surface area contributed by atoms with Crippen molar-refractivity contribution in [2.24, 2.45) is 0 Å². The number of hydrogen-bond donors (Lipinski definition) is 1. The first-order valence-electron chi connectivity index (χ1n) is 6.51. The van der Waals surface area contributed by atoms with Gasteiger partial charge in [-0.1, -0.05) is 62.8 Å². The predicted octanol–water partition coefficient (Wildman–Crippen LogP) is 3.69. The maximum Gasteiger partial charge on any atom is 0.243 e. The summed E-state index contributed by atoms with van der Waals surface area (Å²) in [6, 6.07) is 8.53. The molecule has 0 atom stereocenters. The van der Waals surface area contributed by atoms with E-state index in [0.29, 0.717) is 0 Å². The van der Waals surface area contributed by atoms with E-state index in [1.807, 2.05) is 13.0 Å². The van der Waals surface area contributed by atoms with Crippen molar-refractivity contribution >= 4 is 12.0 Å². The van der Waals surface area contributed by atoms with Crippen molar-refractivity contribution in [1.29, 1.82) is 0 Å². The molecule has 0 aliphatic heterocycles. The average molecular weight is 257 g/mol. The molecule has 1 N–H and O–H groups in total. The number of carbonyl (C=O) groups is 1. The van der Waals surface area contributed by atoms with Gasteiger partial charge in [0.25, 0.3) is 0 Å². The number of likely N-dealkylation sites (N-methyl/N-ethyl adjacent to an activating group) is 1. The van der Waals surface area contributed by atoms with E-state index in [2.05, 4.69) is 56.4 Å². The lowest BCUT2D eigenvalue weighted by Crippen LogP contribution is -2.13. The van der Waals surface area contributed by atoms with E-state index in [9.17, 15) is 4.79 Å². The molecule has 0 bridgehead atoms. The van der Waals surface area contributed by atoms with Crippen LogP contribution in [0.1, 0.15) is 38.8 Å². The van der Waals surface area contributed by atoms with Crippen LogP contribution in [0.2, 0.25) is 0 Å². The van der Waals surface area contributed by atoms with Gasteiger partial charge in [0, 0.05) is 13.1 Å². The third-order valence-corrected chi connectivity index (χ3v) is 2.92. The number of amides is 1. The Bertz CT molecular complexity index is 487. The van der Waals surface area contributed by atoms with E-state index in [-0.39, 0.29) is 11.3 Å². The molecule has 0 saturated carbocycles. The number of hydrogen-bond acceptors (Lipinski definition) is 1. The lowest BCUT2D eigenvalue weighted by molar-refractivity contribution is -0.116. The summed E-state index contributed by atoms with van der Waals surface area (Å²) in [5.74, 6) is -0.0872. The van der Waals surface area contributed by atoms with Gasteiger partial charge in [0.05, 0.1) is 0 Å². The van der Waals surface area contributed by atoms with Crippen LogP contribution in [0.5, 0.6) is 0 Å². The molecule has 1 amide bonds. The summed E-state index contributed by atoms with van der Waals surface area (Å²) >= 11 is 0. The molecular weight excluding hydrogens is 234 g/mol. The van der Waals surface area contributed by atoms with Gasteiger partial charge in [0.1, 0.15) is 0 Å². The zero-order chi connectivity index (χ0) is 14.5. The maximum absolute atomic E-state index is 11.1. The molecule has 0 fully saturated rings. The highest BCUT2D eigenvalue weighted by Gasteiger charge is 2.12. The molecule has 0 aromatic heterocycles. The van der Waals surface area contributed by atoms with Gasteiger partial charge in [-0.2, -0.15) is 0 Å². The minimum atomic E-state index is -0.0872. The Morgan fingerprint density at radius 2 is 1.68 bits per heavy atom. The lowest BCUT2D eigenvalue weighted by Gasteiger charge is -2.18. The van der Waals surface area contributed by atoms with Gasteiger partial charge in [0.15, 0.2) is 0 Å². The minimum absolute atomic E-state index is 0.0872. The van der Waals surface area contributed by atoms with E-state index in [0.717, 1.165) is 11.1 Å². The van der Waals surface area contributed by atoms with Crippen molar-refractivity contribution < 1.29 is 4.79 Å². The van der Waals surface area contributed by atoms with Gasteiger partial charge < -0.3 is 5.32 Å². The number of benzene rings is 1. The summed E-state index contributed by atoms with van der Waals surface area (Å²) in [6.07, 6.45) is 5.41. The first kappa shape index (κ1) is 15.2. The molecule has 1 aromatic rings. The van der Waals surface area contributed by atoms with Crippen LogP contribution in [0.4, 0.5) is 0 Å². The van der Waals surface area contributed by atoms with E-state index in [4.69, 9.17) is 0 Å². The van der Waals surface area contributed by atoms with Gasteiger partial charge in [-0.25, -0.2) is 0 Å². The van der Waals surface area contributed by atoms with Crippen molar-refractivity contribution in [2.45, 2.75) is 33.1 Å². The third-order valence-electron chi connectivity index (χ3n) is 2.92. The van der Waals surface area contributed by atoms with Gasteiger partial charge in [0.2, 0.25) is 5.91 Å². The number of rotatable bonds is 3. The van der Waals surface area contributed by atoms with E-state index in [1.165, 1.54) is 11.6 Å². The molecular formula is C17H23NO. The first-order valence-corrected chi connectivity index (χ1v) is 6.51. The number of nitrogens with one attached hydrogen (secondary N) is 1. The Kier molecular flexibility index (Phi) is 5.11. The molecule has 102 valence electrons. The fourth-order valence-corrected chi connectivity index (χ4v) is 1.68. The second-order valence-corrected chi connectivity index (χ2v) is 5.71. The predicted molar refractivity (Wildman–Crippen MR) is 82.0 cm³/mol. The minimum Gasteiger partial charge on any atom is -0.356 e. The summed E-state index contributed by atoms with van der Waals surface area (Å²) in [7, 11) is 1.62. The molecule has 0 aliphatic rings. The molecule has 0 unspecified atom stereocenters. The summed E-state index contributed by atoms with van der Waals surface area (Å²) in [6.45, 7) is 8.59. The van der Waals surface area contributed by atoms with Crippen LogP contribution in [-0.2, 0) is 10.2 Å². The fraction of sp³-hybridized carbons (Fsp3) is 0.353. The Labute approximate surface area is 116 Å². The van der Waals surface area contributed by atoms with Crippen LogP contribution < -0.4 is 5.32 Å². The average Bonchev–Trinajstić information content (AvgIpc) is 2.35. The van der Waals surface area contributed by atoms with Crippen LogP contribution in [0, 0.1) is 0 Å². The summed E-state index contributed by atoms with van der Waals surface area (Å²) in [4.78, 5) is 11.1. The fourth-order valence-electron chi connectivity index (χ4n) is 1.68. The number of carbonyl (C=O) groups excluding carboxylic acids is 1. The molecule has 0 aliphatic carbocycles. The molecule has 1 aromatic carbocycles. The van der Waals surface area contributed by atoms with Crippen molar-refractivity contribution in [3.8, 4) is 0 Å². The van der Waals surface area contributed by atoms with Gasteiger partial charge in [-0.15, -0.1) is 0 Å². The SMILES string of the molecule is CNC(=O)/C=C/C(C)=C/c1ccc(C(C)(C)C)cc1. The zero-order valence-corrected chi connectivity index (χ0v) is 12.4.